The monoisotopic (exact) mass is 251 g/mol. The van der Waals surface area contributed by atoms with Crippen LogP contribution in [0.2, 0.25) is 0 Å². The minimum absolute atomic E-state index is 0.716. The van der Waals surface area contributed by atoms with Crippen LogP contribution in [-0.2, 0) is 11.2 Å². The van der Waals surface area contributed by atoms with E-state index < -0.39 is 0 Å². The van der Waals surface area contributed by atoms with Crippen LogP contribution < -0.4 is 10.1 Å². The van der Waals surface area contributed by atoms with Gasteiger partial charge >= 0.3 is 0 Å². The molecule has 0 fully saturated rings. The average molecular weight is 251 g/mol. The number of benzene rings is 1. The standard InChI is InChI=1S/C15H25NO2/c1-16-10-12-18-15-9-6-8-14(13-15)7-4-3-5-11-17-2/h6,8-9,13,16H,3-5,7,10-12H2,1-2H3. The van der Waals surface area contributed by atoms with Crippen LogP contribution in [0.1, 0.15) is 24.8 Å². The van der Waals surface area contributed by atoms with Crippen molar-refractivity contribution >= 4 is 0 Å². The number of methoxy groups -OCH3 is 1. The number of hydrogen-bond acceptors (Lipinski definition) is 3. The fraction of sp³-hybridized carbons (Fsp3) is 0.600. The van der Waals surface area contributed by atoms with Gasteiger partial charge in [0, 0.05) is 20.3 Å². The normalized spacial score (nSPS) is 10.6. The summed E-state index contributed by atoms with van der Waals surface area (Å²) in [5, 5.41) is 3.07. The average Bonchev–Trinajstić information content (AvgIpc) is 2.39. The molecule has 1 aromatic carbocycles. The molecule has 18 heavy (non-hydrogen) atoms. The first-order valence-corrected chi connectivity index (χ1v) is 6.72. The Morgan fingerprint density at radius 2 is 2.00 bits per heavy atom. The second kappa shape index (κ2) is 9.92. The molecule has 0 atom stereocenters. The van der Waals surface area contributed by atoms with E-state index in [1.54, 1.807) is 7.11 Å². The maximum Gasteiger partial charge on any atom is 0.119 e. The number of rotatable bonds is 10. The van der Waals surface area contributed by atoms with Gasteiger partial charge in [-0.25, -0.2) is 0 Å². The molecule has 0 saturated carbocycles. The maximum atomic E-state index is 5.65. The molecular weight excluding hydrogens is 226 g/mol. The van der Waals surface area contributed by atoms with Gasteiger partial charge in [-0.05, 0) is 44.0 Å². The quantitative estimate of drug-likeness (QED) is 0.648. The minimum atomic E-state index is 0.716. The zero-order valence-electron chi connectivity index (χ0n) is 11.6. The number of ether oxygens (including phenoxy) is 2. The van der Waals surface area contributed by atoms with Crippen molar-refractivity contribution < 1.29 is 9.47 Å². The van der Waals surface area contributed by atoms with Gasteiger partial charge in [-0.2, -0.15) is 0 Å². The lowest BCUT2D eigenvalue weighted by Crippen LogP contribution is -2.15. The molecule has 0 amide bonds. The smallest absolute Gasteiger partial charge is 0.119 e. The van der Waals surface area contributed by atoms with E-state index in [0.717, 1.165) is 31.7 Å². The molecule has 0 aliphatic rings. The summed E-state index contributed by atoms with van der Waals surface area (Å²) < 4.78 is 10.7. The van der Waals surface area contributed by atoms with Gasteiger partial charge < -0.3 is 14.8 Å². The number of hydrogen-bond donors (Lipinski definition) is 1. The van der Waals surface area contributed by atoms with Crippen molar-refractivity contribution in [2.45, 2.75) is 25.7 Å². The summed E-state index contributed by atoms with van der Waals surface area (Å²) in [6.07, 6.45) is 4.70. The summed E-state index contributed by atoms with van der Waals surface area (Å²) in [7, 11) is 3.69. The number of aryl methyl sites for hydroxylation is 1. The van der Waals surface area contributed by atoms with E-state index in [4.69, 9.17) is 9.47 Å². The summed E-state index contributed by atoms with van der Waals surface area (Å²) in [6.45, 7) is 2.46. The van der Waals surface area contributed by atoms with Gasteiger partial charge in [-0.1, -0.05) is 18.6 Å². The summed E-state index contributed by atoms with van der Waals surface area (Å²) in [6, 6.07) is 8.40. The lowest BCUT2D eigenvalue weighted by atomic mass is 10.1. The van der Waals surface area contributed by atoms with Crippen molar-refractivity contribution in [1.29, 1.82) is 0 Å². The van der Waals surface area contributed by atoms with E-state index >= 15 is 0 Å². The lowest BCUT2D eigenvalue weighted by Gasteiger charge is -2.08. The Kier molecular flexibility index (Phi) is 8.26. The summed E-state index contributed by atoms with van der Waals surface area (Å²) in [5.74, 6) is 0.972. The van der Waals surface area contributed by atoms with Crippen LogP contribution in [0.25, 0.3) is 0 Å². The second-order valence-corrected chi connectivity index (χ2v) is 4.40. The van der Waals surface area contributed by atoms with Gasteiger partial charge in [0.05, 0.1) is 0 Å². The zero-order valence-corrected chi connectivity index (χ0v) is 11.6. The second-order valence-electron chi connectivity index (χ2n) is 4.40. The van der Waals surface area contributed by atoms with E-state index in [1.807, 2.05) is 13.1 Å². The topological polar surface area (TPSA) is 30.5 Å². The highest BCUT2D eigenvalue weighted by Gasteiger charge is 1.97. The Bertz CT molecular complexity index is 315. The Morgan fingerprint density at radius 3 is 2.78 bits per heavy atom. The number of likely N-dealkylation sites (N-methyl/N-ethyl adjacent to an activating group) is 1. The summed E-state index contributed by atoms with van der Waals surface area (Å²) in [5.41, 5.74) is 1.36. The first-order chi connectivity index (χ1) is 8.86. The molecule has 1 aromatic rings. The van der Waals surface area contributed by atoms with Gasteiger partial charge in [-0.3, -0.25) is 0 Å². The van der Waals surface area contributed by atoms with Crippen LogP contribution >= 0.6 is 0 Å². The Balaban J connectivity index is 2.26. The number of unbranched alkanes of at least 4 members (excludes halogenated alkanes) is 2. The molecule has 0 aliphatic heterocycles. The lowest BCUT2D eigenvalue weighted by molar-refractivity contribution is 0.192. The van der Waals surface area contributed by atoms with Crippen LogP contribution in [0.15, 0.2) is 24.3 Å². The molecule has 0 heterocycles. The molecule has 3 heteroatoms. The van der Waals surface area contributed by atoms with Crippen molar-refractivity contribution in [3.63, 3.8) is 0 Å². The maximum absolute atomic E-state index is 5.65. The third-order valence-electron chi connectivity index (χ3n) is 2.83. The summed E-state index contributed by atoms with van der Waals surface area (Å²) in [4.78, 5) is 0. The van der Waals surface area contributed by atoms with Gasteiger partial charge in [0.25, 0.3) is 0 Å². The molecule has 1 rings (SSSR count). The first kappa shape index (κ1) is 15.0. The molecule has 3 nitrogen and oxygen atoms in total. The Labute approximate surface area is 110 Å². The van der Waals surface area contributed by atoms with Crippen molar-refractivity contribution in [3.05, 3.63) is 29.8 Å². The molecular formula is C15H25NO2. The van der Waals surface area contributed by atoms with Gasteiger partial charge in [0.15, 0.2) is 0 Å². The molecule has 0 aliphatic carbocycles. The van der Waals surface area contributed by atoms with E-state index in [9.17, 15) is 0 Å². The Morgan fingerprint density at radius 1 is 1.11 bits per heavy atom. The molecule has 0 spiro atoms. The highest BCUT2D eigenvalue weighted by molar-refractivity contribution is 5.28. The van der Waals surface area contributed by atoms with E-state index in [-0.39, 0.29) is 0 Å². The summed E-state index contributed by atoms with van der Waals surface area (Å²) >= 11 is 0. The van der Waals surface area contributed by atoms with Crippen LogP contribution in [-0.4, -0.2) is 33.9 Å². The number of nitrogens with one attached hydrogen (secondary N) is 1. The largest absolute Gasteiger partial charge is 0.492 e. The van der Waals surface area contributed by atoms with Crippen LogP contribution in [0.4, 0.5) is 0 Å². The SMILES string of the molecule is CNCCOc1cccc(CCCCCOC)c1. The van der Waals surface area contributed by atoms with Crippen molar-refractivity contribution in [2.24, 2.45) is 0 Å². The predicted octanol–water partition coefficient (Wildman–Crippen LogP) is 2.64. The predicted molar refractivity (Wildman–Crippen MR) is 75.3 cm³/mol. The molecule has 0 unspecified atom stereocenters. The van der Waals surface area contributed by atoms with Crippen LogP contribution in [0.5, 0.6) is 5.75 Å². The minimum Gasteiger partial charge on any atom is -0.492 e. The highest BCUT2D eigenvalue weighted by Crippen LogP contribution is 2.15. The van der Waals surface area contributed by atoms with Crippen molar-refractivity contribution in [2.75, 3.05) is 33.9 Å². The third-order valence-corrected chi connectivity index (χ3v) is 2.83. The van der Waals surface area contributed by atoms with Crippen molar-refractivity contribution in [1.82, 2.24) is 5.32 Å². The molecule has 0 saturated heterocycles. The van der Waals surface area contributed by atoms with Gasteiger partial charge in [0.2, 0.25) is 0 Å². The Hall–Kier alpha value is -1.06. The van der Waals surface area contributed by atoms with Gasteiger partial charge in [0.1, 0.15) is 12.4 Å². The van der Waals surface area contributed by atoms with Crippen LogP contribution in [0.3, 0.4) is 0 Å². The fourth-order valence-electron chi connectivity index (χ4n) is 1.81. The molecule has 1 N–H and O–H groups in total. The van der Waals surface area contributed by atoms with E-state index in [1.165, 1.54) is 18.4 Å². The van der Waals surface area contributed by atoms with Gasteiger partial charge in [-0.15, -0.1) is 0 Å². The molecule has 0 radical (unpaired) electrons. The first-order valence-electron chi connectivity index (χ1n) is 6.72. The fourth-order valence-corrected chi connectivity index (χ4v) is 1.81. The van der Waals surface area contributed by atoms with E-state index in [0.29, 0.717) is 6.61 Å². The van der Waals surface area contributed by atoms with Crippen LogP contribution in [0, 0.1) is 0 Å². The molecule has 0 bridgehead atoms. The highest BCUT2D eigenvalue weighted by atomic mass is 16.5. The van der Waals surface area contributed by atoms with E-state index in [2.05, 4.69) is 23.5 Å². The molecule has 102 valence electrons. The third kappa shape index (κ3) is 6.62. The molecule has 0 aromatic heterocycles. The zero-order chi connectivity index (χ0) is 13.1. The van der Waals surface area contributed by atoms with Crippen molar-refractivity contribution in [3.8, 4) is 5.75 Å².